The van der Waals surface area contributed by atoms with Crippen LogP contribution >= 0.6 is 0 Å². The monoisotopic (exact) mass is 348 g/mol. The molecule has 4 rings (SSSR count). The Morgan fingerprint density at radius 3 is 2.44 bits per heavy atom. The Kier molecular flexibility index (Phi) is 3.48. The Balaban J connectivity index is 1.51. The first kappa shape index (κ1) is 17.4. The van der Waals surface area contributed by atoms with Gasteiger partial charge in [0.1, 0.15) is 6.10 Å². The lowest BCUT2D eigenvalue weighted by atomic mass is 9.71. The lowest BCUT2D eigenvalue weighted by Gasteiger charge is -2.36. The van der Waals surface area contributed by atoms with Gasteiger partial charge in [-0.2, -0.15) is 0 Å². The fourth-order valence-corrected chi connectivity index (χ4v) is 6.33. The molecule has 3 aliphatic carbocycles. The number of hydrogen-bond donors (Lipinski definition) is 0. The number of esters is 2. The first-order valence-electron chi connectivity index (χ1n) is 9.88. The van der Waals surface area contributed by atoms with E-state index in [1.165, 1.54) is 0 Å². The molecule has 140 valence electrons. The van der Waals surface area contributed by atoms with Crippen LogP contribution in [-0.4, -0.2) is 24.6 Å². The number of hydrogen-bond acceptors (Lipinski definition) is 4. The Bertz CT molecular complexity index is 616. The molecular weight excluding hydrogens is 316 g/mol. The molecule has 3 saturated carbocycles. The zero-order valence-corrected chi connectivity index (χ0v) is 16.3. The molecule has 4 aliphatic rings. The lowest BCUT2D eigenvalue weighted by molar-refractivity contribution is -0.168. The third-order valence-corrected chi connectivity index (χ3v) is 7.55. The van der Waals surface area contributed by atoms with Gasteiger partial charge in [-0.3, -0.25) is 9.59 Å². The van der Waals surface area contributed by atoms with Gasteiger partial charge in [-0.1, -0.05) is 34.6 Å². The third kappa shape index (κ3) is 2.46. The maximum absolute atomic E-state index is 13.2. The van der Waals surface area contributed by atoms with Gasteiger partial charge in [-0.25, -0.2) is 0 Å². The van der Waals surface area contributed by atoms with E-state index in [-0.39, 0.29) is 45.6 Å². The standard InChI is InChI=1S/C21H32O4/c1-18(2,3)11-21(12-19(21,4)5)17(23)25-15-9-13-8-14(15)20(10-13)6-7-24-16(20)22/h13-15H,6-12H2,1-5H3. The van der Waals surface area contributed by atoms with Gasteiger partial charge in [-0.15, -0.1) is 0 Å². The molecule has 1 aliphatic heterocycles. The second kappa shape index (κ2) is 5.01. The number of fused-ring (bicyclic) bond motifs is 3. The van der Waals surface area contributed by atoms with E-state index in [0.29, 0.717) is 12.5 Å². The van der Waals surface area contributed by atoms with Crippen molar-refractivity contribution in [2.45, 2.75) is 79.2 Å². The Morgan fingerprint density at radius 1 is 1.28 bits per heavy atom. The van der Waals surface area contributed by atoms with Crippen LogP contribution in [0.25, 0.3) is 0 Å². The van der Waals surface area contributed by atoms with E-state index in [1.807, 2.05) is 0 Å². The second-order valence-electron chi connectivity index (χ2n) is 11.0. The van der Waals surface area contributed by atoms with Crippen molar-refractivity contribution in [3.8, 4) is 0 Å². The fraction of sp³-hybridized carbons (Fsp3) is 0.905. The number of ether oxygens (including phenoxy) is 2. The van der Waals surface area contributed by atoms with E-state index in [0.717, 1.165) is 38.5 Å². The van der Waals surface area contributed by atoms with Crippen molar-refractivity contribution in [3.05, 3.63) is 0 Å². The topological polar surface area (TPSA) is 52.6 Å². The number of cyclic esters (lactones) is 1. The quantitative estimate of drug-likeness (QED) is 0.720. The molecule has 4 nitrogen and oxygen atoms in total. The molecule has 5 atom stereocenters. The van der Waals surface area contributed by atoms with Gasteiger partial charge in [-0.05, 0) is 55.3 Å². The Hall–Kier alpha value is -1.06. The zero-order valence-electron chi connectivity index (χ0n) is 16.3. The highest BCUT2D eigenvalue weighted by Gasteiger charge is 2.69. The van der Waals surface area contributed by atoms with Gasteiger partial charge in [0.2, 0.25) is 0 Å². The normalized spacial score (nSPS) is 44.2. The Labute approximate surface area is 151 Å². The lowest BCUT2D eigenvalue weighted by Crippen LogP contribution is -2.42. The molecule has 4 fully saturated rings. The van der Waals surface area contributed by atoms with Crippen LogP contribution in [0.15, 0.2) is 0 Å². The maximum Gasteiger partial charge on any atom is 0.312 e. The van der Waals surface area contributed by atoms with Crippen LogP contribution < -0.4 is 0 Å². The molecule has 1 heterocycles. The summed E-state index contributed by atoms with van der Waals surface area (Å²) in [4.78, 5) is 25.6. The molecule has 0 radical (unpaired) electrons. The highest BCUT2D eigenvalue weighted by atomic mass is 16.6. The van der Waals surface area contributed by atoms with Gasteiger partial charge in [0.05, 0.1) is 17.4 Å². The summed E-state index contributed by atoms with van der Waals surface area (Å²) in [6.07, 6.45) is 5.36. The molecule has 0 aromatic carbocycles. The third-order valence-electron chi connectivity index (χ3n) is 7.55. The maximum atomic E-state index is 13.2. The Morgan fingerprint density at radius 2 is 1.96 bits per heavy atom. The summed E-state index contributed by atoms with van der Waals surface area (Å²) in [5.41, 5.74) is -0.600. The molecule has 0 aromatic heterocycles. The molecular formula is C21H32O4. The van der Waals surface area contributed by atoms with Crippen molar-refractivity contribution in [1.29, 1.82) is 0 Å². The largest absolute Gasteiger partial charge is 0.465 e. The van der Waals surface area contributed by atoms with Crippen molar-refractivity contribution < 1.29 is 19.1 Å². The van der Waals surface area contributed by atoms with Gasteiger partial charge in [0.15, 0.2) is 0 Å². The predicted octanol–water partition coefficient (Wildman–Crippen LogP) is 4.11. The summed E-state index contributed by atoms with van der Waals surface area (Å²) < 4.78 is 11.4. The highest BCUT2D eigenvalue weighted by Crippen LogP contribution is 2.69. The minimum absolute atomic E-state index is 0.0129. The van der Waals surface area contributed by atoms with Gasteiger partial charge >= 0.3 is 11.9 Å². The fourth-order valence-electron chi connectivity index (χ4n) is 6.33. The molecule has 0 aromatic rings. The summed E-state index contributed by atoms with van der Waals surface area (Å²) in [5.74, 6) is 0.618. The van der Waals surface area contributed by atoms with Crippen molar-refractivity contribution in [2.75, 3.05) is 6.61 Å². The minimum atomic E-state index is -0.357. The van der Waals surface area contributed by atoms with Crippen molar-refractivity contribution >= 4 is 11.9 Å². The van der Waals surface area contributed by atoms with Crippen LogP contribution in [0, 0.1) is 33.5 Å². The molecule has 25 heavy (non-hydrogen) atoms. The minimum Gasteiger partial charge on any atom is -0.465 e. The van der Waals surface area contributed by atoms with Crippen LogP contribution in [0.2, 0.25) is 0 Å². The smallest absolute Gasteiger partial charge is 0.312 e. The number of rotatable bonds is 3. The summed E-state index contributed by atoms with van der Waals surface area (Å²) in [5, 5.41) is 0. The van der Waals surface area contributed by atoms with Crippen LogP contribution in [0.1, 0.15) is 73.1 Å². The van der Waals surface area contributed by atoms with Crippen LogP contribution in [-0.2, 0) is 19.1 Å². The van der Waals surface area contributed by atoms with Crippen molar-refractivity contribution in [2.24, 2.45) is 33.5 Å². The van der Waals surface area contributed by atoms with E-state index < -0.39 is 0 Å². The van der Waals surface area contributed by atoms with E-state index in [1.54, 1.807) is 0 Å². The van der Waals surface area contributed by atoms with Gasteiger partial charge in [0, 0.05) is 5.92 Å². The van der Waals surface area contributed by atoms with E-state index >= 15 is 0 Å². The zero-order chi connectivity index (χ0) is 18.3. The average molecular weight is 348 g/mol. The molecule has 1 spiro atoms. The second-order valence-corrected chi connectivity index (χ2v) is 11.0. The summed E-state index contributed by atoms with van der Waals surface area (Å²) in [6, 6.07) is 0. The molecule has 0 amide bonds. The van der Waals surface area contributed by atoms with Crippen LogP contribution in [0.4, 0.5) is 0 Å². The first-order chi connectivity index (χ1) is 11.5. The molecule has 5 unspecified atom stereocenters. The average Bonchev–Trinajstić information content (AvgIpc) is 2.88. The van der Waals surface area contributed by atoms with Crippen molar-refractivity contribution in [3.63, 3.8) is 0 Å². The number of carbonyl (C=O) groups is 2. The van der Waals surface area contributed by atoms with E-state index in [2.05, 4.69) is 34.6 Å². The molecule has 0 N–H and O–H groups in total. The van der Waals surface area contributed by atoms with Gasteiger partial charge in [0.25, 0.3) is 0 Å². The molecule has 2 bridgehead atoms. The number of carbonyl (C=O) groups excluding carboxylic acids is 2. The van der Waals surface area contributed by atoms with Crippen LogP contribution in [0.3, 0.4) is 0 Å². The molecule has 4 heteroatoms. The predicted molar refractivity (Wildman–Crippen MR) is 93.6 cm³/mol. The van der Waals surface area contributed by atoms with Crippen LogP contribution in [0.5, 0.6) is 0 Å². The van der Waals surface area contributed by atoms with Gasteiger partial charge < -0.3 is 9.47 Å². The highest BCUT2D eigenvalue weighted by molar-refractivity contribution is 5.83. The van der Waals surface area contributed by atoms with Crippen molar-refractivity contribution in [1.82, 2.24) is 0 Å². The van der Waals surface area contributed by atoms with E-state index in [4.69, 9.17) is 9.47 Å². The summed E-state index contributed by atoms with van der Waals surface area (Å²) >= 11 is 0. The summed E-state index contributed by atoms with van der Waals surface area (Å²) in [6.45, 7) is 11.5. The first-order valence-corrected chi connectivity index (χ1v) is 9.88. The SMILES string of the molecule is CC(C)(C)CC1(C(=O)OC2CC3CC2C2(CCOC2=O)C3)CC1(C)C. The summed E-state index contributed by atoms with van der Waals surface area (Å²) in [7, 11) is 0. The molecule has 1 saturated heterocycles. The van der Waals surface area contributed by atoms with E-state index in [9.17, 15) is 9.59 Å².